The highest BCUT2D eigenvalue weighted by Gasteiger charge is 2.18. The van der Waals surface area contributed by atoms with Crippen LogP contribution >= 0.6 is 22.6 Å². The van der Waals surface area contributed by atoms with Gasteiger partial charge in [-0.25, -0.2) is 0 Å². The van der Waals surface area contributed by atoms with Crippen LogP contribution in [0.1, 0.15) is 34.3 Å². The normalized spacial score (nSPS) is 12.7. The van der Waals surface area contributed by atoms with Crippen molar-refractivity contribution in [2.24, 2.45) is 5.73 Å². The highest BCUT2D eigenvalue weighted by Crippen LogP contribution is 2.27. The van der Waals surface area contributed by atoms with Gasteiger partial charge in [-0.3, -0.25) is 0 Å². The van der Waals surface area contributed by atoms with E-state index in [1.54, 1.807) is 0 Å². The summed E-state index contributed by atoms with van der Waals surface area (Å²) in [5.74, 6) is 1.92. The highest BCUT2D eigenvalue weighted by atomic mass is 127. The fourth-order valence-corrected chi connectivity index (χ4v) is 2.69. The van der Waals surface area contributed by atoms with Crippen LogP contribution < -0.4 is 5.73 Å². The Morgan fingerprint density at radius 1 is 1.11 bits per heavy atom. The van der Waals surface area contributed by atoms with E-state index in [9.17, 15) is 0 Å². The van der Waals surface area contributed by atoms with Crippen molar-refractivity contribution in [1.82, 2.24) is 0 Å². The topological polar surface area (TPSA) is 39.2 Å². The van der Waals surface area contributed by atoms with Crippen LogP contribution in [0.2, 0.25) is 0 Å². The molecule has 0 bridgehead atoms. The van der Waals surface area contributed by atoms with Crippen molar-refractivity contribution in [2.75, 3.05) is 0 Å². The predicted molar refractivity (Wildman–Crippen MR) is 82.7 cm³/mol. The summed E-state index contributed by atoms with van der Waals surface area (Å²) in [5.41, 5.74) is 9.93. The smallest absolute Gasteiger partial charge is 0.106 e. The van der Waals surface area contributed by atoms with Crippen molar-refractivity contribution in [3.05, 3.63) is 56.0 Å². The molecule has 0 spiro atoms. The van der Waals surface area contributed by atoms with Gasteiger partial charge in [0.05, 0.1) is 0 Å². The molecule has 0 aliphatic carbocycles. The second-order valence-electron chi connectivity index (χ2n) is 4.69. The molecule has 0 radical (unpaired) electrons. The lowest BCUT2D eigenvalue weighted by molar-refractivity contribution is 0.496. The van der Waals surface area contributed by atoms with E-state index in [1.165, 1.54) is 14.7 Å². The average Bonchev–Trinajstić information content (AvgIpc) is 2.56. The van der Waals surface area contributed by atoms with E-state index in [2.05, 4.69) is 53.8 Å². The predicted octanol–water partition coefficient (Wildman–Crippen LogP) is 4.05. The molecule has 1 aromatic heterocycles. The molecule has 2 N–H and O–H groups in total. The van der Waals surface area contributed by atoms with Crippen LogP contribution in [0.15, 0.2) is 28.7 Å². The van der Waals surface area contributed by atoms with E-state index < -0.39 is 0 Å². The van der Waals surface area contributed by atoms with Crippen molar-refractivity contribution < 1.29 is 4.42 Å². The van der Waals surface area contributed by atoms with Crippen molar-refractivity contribution in [3.8, 4) is 0 Å². The van der Waals surface area contributed by atoms with Crippen molar-refractivity contribution in [3.63, 3.8) is 0 Å². The van der Waals surface area contributed by atoms with E-state index in [0.29, 0.717) is 0 Å². The Balaban J connectivity index is 2.21. The lowest BCUT2D eigenvalue weighted by Gasteiger charge is -2.12. The molecule has 2 nitrogen and oxygen atoms in total. The largest absolute Gasteiger partial charge is 0.466 e. The average molecular weight is 355 g/mol. The molecule has 0 aliphatic heterocycles. The summed E-state index contributed by atoms with van der Waals surface area (Å²) < 4.78 is 6.89. The van der Waals surface area contributed by atoms with E-state index >= 15 is 0 Å². The second-order valence-corrected chi connectivity index (χ2v) is 5.94. The van der Waals surface area contributed by atoms with Gasteiger partial charge in [-0.05, 0) is 73.0 Å². The summed E-state index contributed by atoms with van der Waals surface area (Å²) >= 11 is 2.31. The number of hydrogen-bond donors (Lipinski definition) is 1. The van der Waals surface area contributed by atoms with Crippen molar-refractivity contribution >= 4 is 22.6 Å². The number of rotatable bonds is 3. The standard InChI is InChI=1S/C15H18INO/c1-9-10(2)18-11(3)15(9)14(17)8-12-4-6-13(16)7-5-12/h4-7,14H,8,17H2,1-3H3. The third-order valence-electron chi connectivity index (χ3n) is 3.36. The quantitative estimate of drug-likeness (QED) is 0.844. The van der Waals surface area contributed by atoms with E-state index in [4.69, 9.17) is 10.2 Å². The molecule has 0 amide bonds. The van der Waals surface area contributed by atoms with Gasteiger partial charge in [0.25, 0.3) is 0 Å². The van der Waals surface area contributed by atoms with Gasteiger partial charge in [-0.2, -0.15) is 0 Å². The molecule has 1 unspecified atom stereocenters. The Labute approximate surface area is 122 Å². The van der Waals surface area contributed by atoms with Crippen LogP contribution in [0.25, 0.3) is 0 Å². The Morgan fingerprint density at radius 2 is 1.72 bits per heavy atom. The maximum absolute atomic E-state index is 6.32. The Bertz CT molecular complexity index is 542. The number of halogens is 1. The van der Waals surface area contributed by atoms with Crippen molar-refractivity contribution in [1.29, 1.82) is 0 Å². The summed E-state index contributed by atoms with van der Waals surface area (Å²) in [6.07, 6.45) is 0.845. The van der Waals surface area contributed by atoms with Gasteiger partial charge in [-0.1, -0.05) is 12.1 Å². The van der Waals surface area contributed by atoms with Crippen LogP contribution in [0.5, 0.6) is 0 Å². The van der Waals surface area contributed by atoms with Crippen LogP contribution in [-0.4, -0.2) is 0 Å². The third kappa shape index (κ3) is 2.78. The number of nitrogens with two attached hydrogens (primary N) is 1. The van der Waals surface area contributed by atoms with Crippen molar-refractivity contribution in [2.45, 2.75) is 33.2 Å². The Kier molecular flexibility index (Phi) is 4.12. The fraction of sp³-hybridized carbons (Fsp3) is 0.333. The van der Waals surface area contributed by atoms with Gasteiger partial charge in [0.2, 0.25) is 0 Å². The molecule has 18 heavy (non-hydrogen) atoms. The van der Waals surface area contributed by atoms with Crippen LogP contribution in [-0.2, 0) is 6.42 Å². The monoisotopic (exact) mass is 355 g/mol. The molecule has 0 saturated heterocycles. The summed E-state index contributed by atoms with van der Waals surface area (Å²) in [5, 5.41) is 0. The Hall–Kier alpha value is -0.810. The zero-order valence-electron chi connectivity index (χ0n) is 11.0. The molecule has 2 rings (SSSR count). The zero-order valence-corrected chi connectivity index (χ0v) is 13.1. The minimum Gasteiger partial charge on any atom is -0.466 e. The zero-order chi connectivity index (χ0) is 13.3. The van der Waals surface area contributed by atoms with E-state index in [-0.39, 0.29) is 6.04 Å². The molecule has 1 aromatic carbocycles. The molecule has 2 aromatic rings. The lowest BCUT2D eigenvalue weighted by atomic mass is 9.97. The molecule has 0 aliphatic rings. The van der Waals surface area contributed by atoms with E-state index in [1.807, 2.05) is 13.8 Å². The summed E-state index contributed by atoms with van der Waals surface area (Å²) in [4.78, 5) is 0. The van der Waals surface area contributed by atoms with E-state index in [0.717, 1.165) is 23.5 Å². The third-order valence-corrected chi connectivity index (χ3v) is 4.08. The van der Waals surface area contributed by atoms with Gasteiger partial charge in [0.15, 0.2) is 0 Å². The van der Waals surface area contributed by atoms with Crippen LogP contribution in [0.4, 0.5) is 0 Å². The molecule has 0 fully saturated rings. The molecule has 96 valence electrons. The summed E-state index contributed by atoms with van der Waals surface area (Å²) in [7, 11) is 0. The van der Waals surface area contributed by atoms with Gasteiger partial charge >= 0.3 is 0 Å². The van der Waals surface area contributed by atoms with Crippen LogP contribution in [0.3, 0.4) is 0 Å². The first-order chi connectivity index (χ1) is 8.49. The molecule has 0 saturated carbocycles. The first-order valence-corrected chi connectivity index (χ1v) is 7.13. The second kappa shape index (κ2) is 5.45. The van der Waals surface area contributed by atoms with Gasteiger partial charge < -0.3 is 10.2 Å². The number of aryl methyl sites for hydroxylation is 2. The lowest BCUT2D eigenvalue weighted by Crippen LogP contribution is -2.14. The van der Waals surface area contributed by atoms with Crippen LogP contribution in [0, 0.1) is 24.3 Å². The molecular formula is C15H18INO. The fourth-order valence-electron chi connectivity index (χ4n) is 2.33. The first-order valence-electron chi connectivity index (χ1n) is 6.05. The highest BCUT2D eigenvalue weighted by molar-refractivity contribution is 14.1. The minimum atomic E-state index is 0.00233. The first kappa shape index (κ1) is 13.6. The maximum Gasteiger partial charge on any atom is 0.106 e. The molecule has 1 atom stereocenters. The SMILES string of the molecule is Cc1oc(C)c(C(N)Cc2ccc(I)cc2)c1C. The maximum atomic E-state index is 6.32. The van der Waals surface area contributed by atoms with Gasteiger partial charge in [0, 0.05) is 15.2 Å². The molecule has 1 heterocycles. The molecule has 3 heteroatoms. The number of hydrogen-bond acceptors (Lipinski definition) is 2. The summed E-state index contributed by atoms with van der Waals surface area (Å²) in [6, 6.07) is 8.51. The van der Waals surface area contributed by atoms with Gasteiger partial charge in [-0.15, -0.1) is 0 Å². The Morgan fingerprint density at radius 3 is 2.22 bits per heavy atom. The minimum absolute atomic E-state index is 0.00233. The summed E-state index contributed by atoms with van der Waals surface area (Å²) in [6.45, 7) is 6.06. The molecular weight excluding hydrogens is 337 g/mol. The number of benzene rings is 1. The number of furan rings is 1. The van der Waals surface area contributed by atoms with Gasteiger partial charge in [0.1, 0.15) is 11.5 Å².